The Hall–Kier alpha value is -3.13. The average Bonchev–Trinajstić information content (AvgIpc) is 3.16. The molecule has 0 bridgehead atoms. The maximum atomic E-state index is 12.9. The quantitative estimate of drug-likeness (QED) is 0.889. The molecule has 8 heteroatoms. The van der Waals surface area contributed by atoms with E-state index in [0.717, 1.165) is 0 Å². The first kappa shape index (κ1) is 17.3. The van der Waals surface area contributed by atoms with E-state index in [1.165, 1.54) is 24.3 Å². The Labute approximate surface area is 155 Å². The molecule has 0 radical (unpaired) electrons. The molecule has 1 fully saturated rings. The van der Waals surface area contributed by atoms with Crippen LogP contribution in [-0.4, -0.2) is 54.7 Å². The van der Waals surface area contributed by atoms with Gasteiger partial charge in [0.1, 0.15) is 5.82 Å². The summed E-state index contributed by atoms with van der Waals surface area (Å²) in [7, 11) is 0. The Balaban J connectivity index is 1.32. The van der Waals surface area contributed by atoms with Crippen molar-refractivity contribution in [1.29, 1.82) is 0 Å². The number of nitrogens with zero attached hydrogens (tertiary/aromatic N) is 2. The predicted octanol–water partition coefficient (Wildman–Crippen LogP) is 1.66. The topological polar surface area (TPSA) is 71.1 Å². The molecule has 2 aliphatic rings. The maximum absolute atomic E-state index is 12.9. The second-order valence-electron chi connectivity index (χ2n) is 6.30. The number of halogens is 1. The number of rotatable bonds is 3. The van der Waals surface area contributed by atoms with E-state index in [4.69, 9.17) is 9.47 Å². The van der Waals surface area contributed by atoms with Crippen LogP contribution in [0.1, 0.15) is 20.7 Å². The van der Waals surface area contributed by atoms with Gasteiger partial charge in [-0.05, 0) is 42.5 Å². The van der Waals surface area contributed by atoms with Crippen molar-refractivity contribution < 1.29 is 23.5 Å². The molecule has 0 aliphatic carbocycles. The molecule has 140 valence electrons. The number of fused-ring (bicyclic) bond motifs is 1. The summed E-state index contributed by atoms with van der Waals surface area (Å²) in [6, 6.07) is 10.5. The normalized spacial score (nSPS) is 16.3. The Morgan fingerprint density at radius 1 is 0.889 bits per heavy atom. The molecule has 2 aliphatic heterocycles. The van der Waals surface area contributed by atoms with Gasteiger partial charge in [0, 0.05) is 37.3 Å². The van der Waals surface area contributed by atoms with Crippen molar-refractivity contribution in [1.82, 2.24) is 15.3 Å². The molecule has 0 atom stereocenters. The lowest BCUT2D eigenvalue weighted by Gasteiger charge is -2.34. The summed E-state index contributed by atoms with van der Waals surface area (Å²) in [6.45, 7) is 2.14. The van der Waals surface area contributed by atoms with Gasteiger partial charge in [0.2, 0.25) is 6.79 Å². The Morgan fingerprint density at radius 2 is 1.56 bits per heavy atom. The molecule has 1 saturated heterocycles. The van der Waals surface area contributed by atoms with Gasteiger partial charge >= 0.3 is 0 Å². The van der Waals surface area contributed by atoms with Crippen LogP contribution < -0.4 is 14.9 Å². The minimum atomic E-state index is -0.387. The van der Waals surface area contributed by atoms with E-state index >= 15 is 0 Å². The number of amides is 2. The van der Waals surface area contributed by atoms with Gasteiger partial charge in [-0.3, -0.25) is 15.0 Å². The summed E-state index contributed by atoms with van der Waals surface area (Å²) in [4.78, 5) is 26.6. The summed E-state index contributed by atoms with van der Waals surface area (Å²) in [5.41, 5.74) is 3.71. The van der Waals surface area contributed by atoms with E-state index in [1.807, 2.05) is 0 Å². The summed E-state index contributed by atoms with van der Waals surface area (Å²) < 4.78 is 23.5. The van der Waals surface area contributed by atoms with Crippen molar-refractivity contribution in [3.05, 3.63) is 59.4 Å². The van der Waals surface area contributed by atoms with Gasteiger partial charge in [0.25, 0.3) is 11.8 Å². The highest BCUT2D eigenvalue weighted by atomic mass is 19.1. The Bertz CT molecular complexity index is 864. The van der Waals surface area contributed by atoms with Crippen molar-refractivity contribution in [2.45, 2.75) is 0 Å². The van der Waals surface area contributed by atoms with Crippen LogP contribution in [0.15, 0.2) is 42.5 Å². The molecule has 2 amide bonds. The van der Waals surface area contributed by atoms with Crippen LogP contribution in [-0.2, 0) is 0 Å². The molecule has 2 aromatic rings. The molecule has 0 unspecified atom stereocenters. The van der Waals surface area contributed by atoms with E-state index in [1.54, 1.807) is 28.1 Å². The first-order chi connectivity index (χ1) is 13.1. The molecular formula is C19H18FN3O4. The number of hydrazine groups is 1. The van der Waals surface area contributed by atoms with E-state index in [9.17, 15) is 14.0 Å². The molecule has 7 nitrogen and oxygen atoms in total. The molecule has 2 aromatic carbocycles. The summed E-state index contributed by atoms with van der Waals surface area (Å²) in [5, 5.41) is 1.76. The highest BCUT2D eigenvalue weighted by molar-refractivity contribution is 5.95. The van der Waals surface area contributed by atoms with Gasteiger partial charge in [-0.25, -0.2) is 9.40 Å². The second-order valence-corrected chi connectivity index (χ2v) is 6.30. The molecule has 1 N–H and O–H groups in total. The molecule has 0 aromatic heterocycles. The van der Waals surface area contributed by atoms with Crippen LogP contribution in [0.2, 0.25) is 0 Å². The minimum Gasteiger partial charge on any atom is -0.454 e. The lowest BCUT2D eigenvalue weighted by molar-refractivity contribution is 0.0505. The lowest BCUT2D eigenvalue weighted by atomic mass is 10.1. The van der Waals surface area contributed by atoms with Gasteiger partial charge in [-0.1, -0.05) is 0 Å². The number of nitrogens with one attached hydrogen (secondary N) is 1. The van der Waals surface area contributed by atoms with Crippen molar-refractivity contribution >= 4 is 11.8 Å². The third-order valence-electron chi connectivity index (χ3n) is 4.55. The SMILES string of the molecule is O=C(NN1CCN(C(=O)c2ccc3c(c2)OCO3)CC1)c1ccc(F)cc1. The average molecular weight is 371 g/mol. The van der Waals surface area contributed by atoms with E-state index in [2.05, 4.69) is 5.43 Å². The standard InChI is InChI=1S/C19H18FN3O4/c20-15-4-1-13(2-5-15)18(24)21-23-9-7-22(8-10-23)19(25)14-3-6-16-17(11-14)27-12-26-16/h1-6,11H,7-10,12H2,(H,21,24). The zero-order chi connectivity index (χ0) is 18.8. The van der Waals surface area contributed by atoms with Crippen LogP contribution in [0.25, 0.3) is 0 Å². The van der Waals surface area contributed by atoms with Crippen molar-refractivity contribution in [2.24, 2.45) is 0 Å². The predicted molar refractivity (Wildman–Crippen MR) is 93.9 cm³/mol. The van der Waals surface area contributed by atoms with Crippen LogP contribution in [0, 0.1) is 5.82 Å². The lowest BCUT2D eigenvalue weighted by Crippen LogP contribution is -2.54. The fourth-order valence-electron chi connectivity index (χ4n) is 3.04. The van der Waals surface area contributed by atoms with Crippen LogP contribution in [0.5, 0.6) is 11.5 Å². The summed E-state index contributed by atoms with van der Waals surface area (Å²) in [5.74, 6) is 0.441. The number of piperazine rings is 1. The third kappa shape index (κ3) is 3.70. The Morgan fingerprint density at radius 3 is 2.30 bits per heavy atom. The first-order valence-electron chi connectivity index (χ1n) is 8.60. The van der Waals surface area contributed by atoms with Crippen LogP contribution in [0.4, 0.5) is 4.39 Å². The highest BCUT2D eigenvalue weighted by Gasteiger charge is 2.25. The molecule has 4 rings (SSSR count). The smallest absolute Gasteiger partial charge is 0.265 e. The highest BCUT2D eigenvalue weighted by Crippen LogP contribution is 2.32. The molecule has 0 saturated carbocycles. The van der Waals surface area contributed by atoms with Crippen LogP contribution >= 0.6 is 0 Å². The fourth-order valence-corrected chi connectivity index (χ4v) is 3.04. The van der Waals surface area contributed by atoms with E-state index in [0.29, 0.717) is 48.8 Å². The number of benzene rings is 2. The molecule has 0 spiro atoms. The summed E-state index contributed by atoms with van der Waals surface area (Å²) >= 11 is 0. The second kappa shape index (κ2) is 7.24. The number of carbonyl (C=O) groups is 2. The van der Waals surface area contributed by atoms with Crippen LogP contribution in [0.3, 0.4) is 0 Å². The minimum absolute atomic E-state index is 0.0854. The third-order valence-corrected chi connectivity index (χ3v) is 4.55. The fraction of sp³-hybridized carbons (Fsp3) is 0.263. The zero-order valence-electron chi connectivity index (χ0n) is 14.5. The van der Waals surface area contributed by atoms with E-state index in [-0.39, 0.29) is 24.4 Å². The van der Waals surface area contributed by atoms with Gasteiger partial charge in [-0.2, -0.15) is 0 Å². The van der Waals surface area contributed by atoms with Gasteiger partial charge < -0.3 is 14.4 Å². The molecular weight excluding hydrogens is 353 g/mol. The monoisotopic (exact) mass is 371 g/mol. The Kier molecular flexibility index (Phi) is 4.64. The number of ether oxygens (including phenoxy) is 2. The van der Waals surface area contributed by atoms with E-state index < -0.39 is 0 Å². The summed E-state index contributed by atoms with van der Waals surface area (Å²) in [6.07, 6.45) is 0. The van der Waals surface area contributed by atoms with Gasteiger partial charge in [0.05, 0.1) is 0 Å². The number of carbonyl (C=O) groups excluding carboxylic acids is 2. The van der Waals surface area contributed by atoms with Gasteiger partial charge in [-0.15, -0.1) is 0 Å². The molecule has 27 heavy (non-hydrogen) atoms. The van der Waals surface area contributed by atoms with Crippen molar-refractivity contribution in [2.75, 3.05) is 33.0 Å². The van der Waals surface area contributed by atoms with Crippen molar-refractivity contribution in [3.8, 4) is 11.5 Å². The van der Waals surface area contributed by atoms with Gasteiger partial charge in [0.15, 0.2) is 11.5 Å². The maximum Gasteiger partial charge on any atom is 0.265 e. The number of hydrogen-bond donors (Lipinski definition) is 1. The number of hydrogen-bond acceptors (Lipinski definition) is 5. The zero-order valence-corrected chi connectivity index (χ0v) is 14.5. The largest absolute Gasteiger partial charge is 0.454 e. The first-order valence-corrected chi connectivity index (χ1v) is 8.60. The molecule has 2 heterocycles. The van der Waals surface area contributed by atoms with Crippen molar-refractivity contribution in [3.63, 3.8) is 0 Å².